The standard InChI is InChI=1S/C17H16N2O4/c1-23-17(22)12-6-5-9-14(10-12)19-16(21)11-15(20)18-13-7-3-2-4-8-13/h2-10H,11H2,1H3,(H,18,20)(H,19,21). The average molecular weight is 312 g/mol. The summed E-state index contributed by atoms with van der Waals surface area (Å²) in [5.74, 6) is -1.39. The van der Waals surface area contributed by atoms with E-state index in [1.54, 1.807) is 42.5 Å². The van der Waals surface area contributed by atoms with Gasteiger partial charge in [0, 0.05) is 11.4 Å². The van der Waals surface area contributed by atoms with Gasteiger partial charge in [-0.15, -0.1) is 0 Å². The Morgan fingerprint density at radius 3 is 2.13 bits per heavy atom. The molecule has 0 saturated heterocycles. The fourth-order valence-corrected chi connectivity index (χ4v) is 1.92. The fourth-order valence-electron chi connectivity index (χ4n) is 1.92. The summed E-state index contributed by atoms with van der Waals surface area (Å²) in [4.78, 5) is 35.1. The molecule has 2 amide bonds. The number of carbonyl (C=O) groups is 3. The first kappa shape index (κ1) is 16.2. The Hall–Kier alpha value is -3.15. The van der Waals surface area contributed by atoms with Crippen molar-refractivity contribution in [3.05, 3.63) is 60.2 Å². The van der Waals surface area contributed by atoms with Gasteiger partial charge in [0.15, 0.2) is 0 Å². The summed E-state index contributed by atoms with van der Waals surface area (Å²) >= 11 is 0. The molecule has 23 heavy (non-hydrogen) atoms. The van der Waals surface area contributed by atoms with Gasteiger partial charge >= 0.3 is 5.97 Å². The summed E-state index contributed by atoms with van der Waals surface area (Å²) in [6.45, 7) is 0. The third kappa shape index (κ3) is 4.96. The Labute approximate surface area is 133 Å². The smallest absolute Gasteiger partial charge is 0.337 e. The maximum absolute atomic E-state index is 11.9. The summed E-state index contributed by atoms with van der Waals surface area (Å²) in [7, 11) is 1.28. The van der Waals surface area contributed by atoms with Crippen LogP contribution in [0, 0.1) is 0 Å². The molecule has 0 heterocycles. The van der Waals surface area contributed by atoms with Crippen LogP contribution in [0.15, 0.2) is 54.6 Å². The zero-order valence-electron chi connectivity index (χ0n) is 12.5. The van der Waals surface area contributed by atoms with E-state index in [-0.39, 0.29) is 6.42 Å². The molecule has 0 unspecified atom stereocenters. The van der Waals surface area contributed by atoms with E-state index in [9.17, 15) is 14.4 Å². The molecule has 0 aliphatic carbocycles. The van der Waals surface area contributed by atoms with E-state index >= 15 is 0 Å². The molecule has 2 rings (SSSR count). The van der Waals surface area contributed by atoms with Crippen LogP contribution in [-0.2, 0) is 14.3 Å². The van der Waals surface area contributed by atoms with Gasteiger partial charge in [-0.3, -0.25) is 9.59 Å². The number of ether oxygens (including phenoxy) is 1. The Bertz CT molecular complexity index is 714. The van der Waals surface area contributed by atoms with Gasteiger partial charge in [0.2, 0.25) is 11.8 Å². The molecule has 0 radical (unpaired) electrons. The minimum atomic E-state index is -0.497. The molecule has 0 spiro atoms. The van der Waals surface area contributed by atoms with Crippen molar-refractivity contribution in [2.45, 2.75) is 6.42 Å². The third-order valence-corrected chi connectivity index (χ3v) is 2.95. The van der Waals surface area contributed by atoms with Gasteiger partial charge in [0.1, 0.15) is 6.42 Å². The predicted octanol–water partition coefficient (Wildman–Crippen LogP) is 2.44. The lowest BCUT2D eigenvalue weighted by Crippen LogP contribution is -2.21. The zero-order chi connectivity index (χ0) is 16.7. The molecular weight excluding hydrogens is 296 g/mol. The summed E-state index contributed by atoms with van der Waals surface area (Å²) < 4.78 is 4.61. The molecule has 0 bridgehead atoms. The van der Waals surface area contributed by atoms with Crippen molar-refractivity contribution in [1.82, 2.24) is 0 Å². The van der Waals surface area contributed by atoms with Gasteiger partial charge < -0.3 is 15.4 Å². The molecule has 118 valence electrons. The lowest BCUT2D eigenvalue weighted by atomic mass is 10.2. The van der Waals surface area contributed by atoms with Gasteiger partial charge in [-0.1, -0.05) is 24.3 Å². The van der Waals surface area contributed by atoms with Crippen molar-refractivity contribution in [2.75, 3.05) is 17.7 Å². The number of rotatable bonds is 5. The predicted molar refractivity (Wildman–Crippen MR) is 86.1 cm³/mol. The van der Waals surface area contributed by atoms with Gasteiger partial charge in [-0.25, -0.2) is 4.79 Å². The van der Waals surface area contributed by atoms with E-state index < -0.39 is 17.8 Å². The Balaban J connectivity index is 1.92. The highest BCUT2D eigenvalue weighted by Gasteiger charge is 2.11. The van der Waals surface area contributed by atoms with Crippen LogP contribution >= 0.6 is 0 Å². The highest BCUT2D eigenvalue weighted by Crippen LogP contribution is 2.12. The van der Waals surface area contributed by atoms with E-state index in [1.807, 2.05) is 6.07 Å². The number of para-hydroxylation sites is 1. The van der Waals surface area contributed by atoms with Gasteiger partial charge in [-0.05, 0) is 30.3 Å². The second-order valence-electron chi connectivity index (χ2n) is 4.71. The van der Waals surface area contributed by atoms with Crippen LogP contribution < -0.4 is 10.6 Å². The highest BCUT2D eigenvalue weighted by molar-refractivity contribution is 6.08. The van der Waals surface area contributed by atoms with Crippen molar-refractivity contribution in [1.29, 1.82) is 0 Å². The molecule has 0 aromatic heterocycles. The van der Waals surface area contributed by atoms with Gasteiger partial charge in [0.05, 0.1) is 12.7 Å². The van der Waals surface area contributed by atoms with E-state index in [2.05, 4.69) is 15.4 Å². The maximum Gasteiger partial charge on any atom is 0.337 e. The number of carbonyl (C=O) groups excluding carboxylic acids is 3. The third-order valence-electron chi connectivity index (χ3n) is 2.95. The quantitative estimate of drug-likeness (QED) is 0.656. The van der Waals surface area contributed by atoms with Crippen molar-refractivity contribution < 1.29 is 19.1 Å². The van der Waals surface area contributed by atoms with Crippen molar-refractivity contribution >= 4 is 29.2 Å². The molecule has 0 saturated carbocycles. The van der Waals surface area contributed by atoms with Gasteiger partial charge in [-0.2, -0.15) is 0 Å². The molecule has 0 fully saturated rings. The molecule has 2 N–H and O–H groups in total. The van der Waals surface area contributed by atoms with E-state index in [4.69, 9.17) is 0 Å². The SMILES string of the molecule is COC(=O)c1cccc(NC(=O)CC(=O)Nc2ccccc2)c1. The van der Waals surface area contributed by atoms with Crippen LogP contribution in [0.5, 0.6) is 0 Å². The number of hydrogen-bond donors (Lipinski definition) is 2. The van der Waals surface area contributed by atoms with Crippen molar-refractivity contribution in [3.8, 4) is 0 Å². The largest absolute Gasteiger partial charge is 0.465 e. The molecule has 6 heteroatoms. The molecule has 0 aliphatic heterocycles. The van der Waals surface area contributed by atoms with Crippen LogP contribution in [0.4, 0.5) is 11.4 Å². The lowest BCUT2D eigenvalue weighted by molar-refractivity contribution is -0.123. The monoisotopic (exact) mass is 312 g/mol. The Morgan fingerprint density at radius 2 is 1.48 bits per heavy atom. The van der Waals surface area contributed by atoms with E-state index in [0.717, 1.165) is 0 Å². The van der Waals surface area contributed by atoms with Crippen molar-refractivity contribution in [2.24, 2.45) is 0 Å². The number of hydrogen-bond acceptors (Lipinski definition) is 4. The fraction of sp³-hybridized carbons (Fsp3) is 0.118. The number of anilines is 2. The molecule has 0 aliphatic rings. The summed E-state index contributed by atoms with van der Waals surface area (Å²) in [5.41, 5.74) is 1.36. The zero-order valence-corrected chi connectivity index (χ0v) is 12.5. The van der Waals surface area contributed by atoms with Crippen molar-refractivity contribution in [3.63, 3.8) is 0 Å². The van der Waals surface area contributed by atoms with Gasteiger partial charge in [0.25, 0.3) is 0 Å². The summed E-state index contributed by atoms with van der Waals surface area (Å²) in [6.07, 6.45) is -0.322. The lowest BCUT2D eigenvalue weighted by Gasteiger charge is -2.07. The normalized spacial score (nSPS) is 9.78. The first-order valence-corrected chi connectivity index (χ1v) is 6.91. The van der Waals surface area contributed by atoms with E-state index in [1.165, 1.54) is 13.2 Å². The number of benzene rings is 2. The molecule has 0 atom stereocenters. The minimum absolute atomic E-state index is 0.319. The van der Waals surface area contributed by atoms with Crippen LogP contribution in [-0.4, -0.2) is 24.9 Å². The number of amides is 2. The van der Waals surface area contributed by atoms with Crippen LogP contribution in [0.3, 0.4) is 0 Å². The molecule has 2 aromatic rings. The average Bonchev–Trinajstić information content (AvgIpc) is 2.55. The second-order valence-corrected chi connectivity index (χ2v) is 4.71. The number of nitrogens with one attached hydrogen (secondary N) is 2. The first-order valence-electron chi connectivity index (χ1n) is 6.91. The molecule has 2 aromatic carbocycles. The van der Waals surface area contributed by atoms with Crippen LogP contribution in [0.25, 0.3) is 0 Å². The summed E-state index contributed by atoms with van der Waals surface area (Å²) in [6, 6.07) is 15.2. The minimum Gasteiger partial charge on any atom is -0.465 e. The van der Waals surface area contributed by atoms with Crippen LogP contribution in [0.1, 0.15) is 16.8 Å². The first-order chi connectivity index (χ1) is 11.1. The highest BCUT2D eigenvalue weighted by atomic mass is 16.5. The summed E-state index contributed by atoms with van der Waals surface area (Å²) in [5, 5.41) is 5.19. The van der Waals surface area contributed by atoms with E-state index in [0.29, 0.717) is 16.9 Å². The topological polar surface area (TPSA) is 84.5 Å². The Kier molecular flexibility index (Phi) is 5.46. The van der Waals surface area contributed by atoms with Crippen LogP contribution in [0.2, 0.25) is 0 Å². The maximum atomic E-state index is 11.9. The number of esters is 1. The Morgan fingerprint density at radius 1 is 0.870 bits per heavy atom. The molecule has 6 nitrogen and oxygen atoms in total. The number of methoxy groups -OCH3 is 1. The second kappa shape index (κ2) is 7.74. The molecular formula is C17H16N2O4.